The molecule has 2 fully saturated rings. The minimum absolute atomic E-state index is 0.0358. The first-order valence-corrected chi connectivity index (χ1v) is 8.32. The summed E-state index contributed by atoms with van der Waals surface area (Å²) in [6, 6.07) is 7.31. The van der Waals surface area contributed by atoms with Gasteiger partial charge in [0.15, 0.2) is 0 Å². The van der Waals surface area contributed by atoms with Crippen LogP contribution in [0.3, 0.4) is 0 Å². The van der Waals surface area contributed by atoms with Crippen molar-refractivity contribution in [2.45, 2.75) is 56.5 Å². The van der Waals surface area contributed by atoms with E-state index in [1.54, 1.807) is 0 Å². The van der Waals surface area contributed by atoms with Crippen LogP contribution in [0.5, 0.6) is 0 Å². The number of fused-ring (bicyclic) bond motifs is 1. The Morgan fingerprint density at radius 2 is 2.15 bits per heavy atom. The lowest BCUT2D eigenvalue weighted by molar-refractivity contribution is 0.388. The fourth-order valence-electron chi connectivity index (χ4n) is 3.65. The Morgan fingerprint density at radius 3 is 2.80 bits per heavy atom. The molecule has 4 heteroatoms. The molecule has 2 unspecified atom stereocenters. The van der Waals surface area contributed by atoms with Gasteiger partial charge in [0.25, 0.3) is 0 Å². The van der Waals surface area contributed by atoms with Crippen LogP contribution >= 0.6 is 15.9 Å². The molecule has 20 heavy (non-hydrogen) atoms. The van der Waals surface area contributed by atoms with E-state index in [9.17, 15) is 0 Å². The molecule has 2 saturated carbocycles. The largest absolute Gasteiger partial charge is 0.327 e. The van der Waals surface area contributed by atoms with Gasteiger partial charge in [-0.3, -0.25) is 0 Å². The minimum atomic E-state index is 0.0358. The van der Waals surface area contributed by atoms with Crippen LogP contribution in [0.4, 0.5) is 0 Å². The number of nitrogens with two attached hydrogens (primary N) is 1. The molecule has 1 heterocycles. The van der Waals surface area contributed by atoms with Crippen LogP contribution < -0.4 is 5.73 Å². The third-order valence-corrected chi connectivity index (χ3v) is 5.60. The van der Waals surface area contributed by atoms with Crippen LogP contribution in [0.25, 0.3) is 11.0 Å². The molecule has 106 valence electrons. The second-order valence-electron chi connectivity index (χ2n) is 6.59. The smallest absolute Gasteiger partial charge is 0.117 e. The molecule has 0 bridgehead atoms. The Bertz CT molecular complexity index is 674. The summed E-state index contributed by atoms with van der Waals surface area (Å²) in [6.45, 7) is 2.31. The van der Waals surface area contributed by atoms with E-state index in [2.05, 4.69) is 45.6 Å². The molecular formula is C16H20BrN3. The van der Waals surface area contributed by atoms with Crippen LogP contribution in [-0.4, -0.2) is 15.6 Å². The summed E-state index contributed by atoms with van der Waals surface area (Å²) in [4.78, 5) is 4.99. The average Bonchev–Trinajstić information content (AvgIpc) is 3.10. The van der Waals surface area contributed by atoms with Gasteiger partial charge >= 0.3 is 0 Å². The van der Waals surface area contributed by atoms with Crippen molar-refractivity contribution in [2.75, 3.05) is 0 Å². The number of hydrogen-bond acceptors (Lipinski definition) is 2. The zero-order valence-corrected chi connectivity index (χ0v) is 13.4. The van der Waals surface area contributed by atoms with E-state index < -0.39 is 0 Å². The summed E-state index contributed by atoms with van der Waals surface area (Å²) < 4.78 is 3.57. The zero-order valence-electron chi connectivity index (χ0n) is 11.8. The Labute approximate surface area is 127 Å². The molecule has 0 amide bonds. The molecule has 3 nitrogen and oxygen atoms in total. The Morgan fingerprint density at radius 1 is 1.35 bits per heavy atom. The lowest BCUT2D eigenvalue weighted by Crippen LogP contribution is -2.40. The number of imidazole rings is 1. The highest BCUT2D eigenvalue weighted by Crippen LogP contribution is 2.46. The number of rotatable bonds is 2. The van der Waals surface area contributed by atoms with Crippen LogP contribution in [-0.2, 0) is 5.41 Å². The van der Waals surface area contributed by atoms with Crippen molar-refractivity contribution in [3.8, 4) is 0 Å². The lowest BCUT2D eigenvalue weighted by Gasteiger charge is -2.29. The maximum absolute atomic E-state index is 6.42. The molecule has 0 radical (unpaired) electrons. The fraction of sp³-hybridized carbons (Fsp3) is 0.562. The van der Waals surface area contributed by atoms with Crippen LogP contribution in [0, 0.1) is 0 Å². The van der Waals surface area contributed by atoms with Gasteiger partial charge in [-0.05, 0) is 43.9 Å². The number of aromatic nitrogens is 2. The summed E-state index contributed by atoms with van der Waals surface area (Å²) in [6.07, 6.45) is 6.05. The third-order valence-electron chi connectivity index (χ3n) is 5.10. The molecule has 1 aromatic heterocycles. The van der Waals surface area contributed by atoms with E-state index in [-0.39, 0.29) is 11.5 Å². The van der Waals surface area contributed by atoms with Crippen molar-refractivity contribution in [1.82, 2.24) is 9.55 Å². The molecule has 0 aliphatic heterocycles. The van der Waals surface area contributed by atoms with E-state index >= 15 is 0 Å². The van der Waals surface area contributed by atoms with Gasteiger partial charge in [0.05, 0.1) is 11.0 Å². The molecule has 2 N–H and O–H groups in total. The van der Waals surface area contributed by atoms with E-state index in [4.69, 9.17) is 10.7 Å². The first-order valence-electron chi connectivity index (χ1n) is 7.53. The molecule has 2 aliphatic rings. The number of benzene rings is 1. The fourth-order valence-corrected chi connectivity index (χ4v) is 4.00. The Hall–Kier alpha value is -0.870. The van der Waals surface area contributed by atoms with Gasteiger partial charge in [-0.25, -0.2) is 4.98 Å². The van der Waals surface area contributed by atoms with Crippen molar-refractivity contribution in [3.05, 3.63) is 28.5 Å². The number of nitrogens with zero attached hydrogens (tertiary/aromatic N) is 2. The van der Waals surface area contributed by atoms with Crippen molar-refractivity contribution < 1.29 is 0 Å². The molecule has 0 saturated heterocycles. The van der Waals surface area contributed by atoms with Crippen LogP contribution in [0.1, 0.15) is 50.9 Å². The highest BCUT2D eigenvalue weighted by molar-refractivity contribution is 9.10. The first-order chi connectivity index (χ1) is 9.59. The topological polar surface area (TPSA) is 43.8 Å². The summed E-state index contributed by atoms with van der Waals surface area (Å²) in [7, 11) is 0. The summed E-state index contributed by atoms with van der Waals surface area (Å²) in [5.74, 6) is 1.22. The van der Waals surface area contributed by atoms with Gasteiger partial charge in [0.1, 0.15) is 5.82 Å². The molecular weight excluding hydrogens is 314 g/mol. The highest BCUT2D eigenvalue weighted by atomic mass is 79.9. The highest BCUT2D eigenvalue weighted by Gasteiger charge is 2.44. The van der Waals surface area contributed by atoms with E-state index in [0.717, 1.165) is 22.8 Å². The van der Waals surface area contributed by atoms with Gasteiger partial charge in [-0.15, -0.1) is 0 Å². The van der Waals surface area contributed by atoms with Gasteiger partial charge in [0, 0.05) is 22.0 Å². The maximum atomic E-state index is 6.42. The third kappa shape index (κ3) is 1.77. The van der Waals surface area contributed by atoms with Gasteiger partial charge in [-0.2, -0.15) is 0 Å². The molecule has 2 atom stereocenters. The predicted octanol–water partition coefficient (Wildman–Crippen LogP) is 3.90. The molecule has 2 aromatic rings. The van der Waals surface area contributed by atoms with E-state index in [1.165, 1.54) is 30.6 Å². The summed E-state index contributed by atoms with van der Waals surface area (Å²) >= 11 is 3.55. The molecule has 1 aromatic carbocycles. The van der Waals surface area contributed by atoms with E-state index in [0.29, 0.717) is 6.04 Å². The van der Waals surface area contributed by atoms with Gasteiger partial charge in [0.2, 0.25) is 0 Å². The minimum Gasteiger partial charge on any atom is -0.327 e. The second-order valence-corrected chi connectivity index (χ2v) is 7.50. The molecule has 0 spiro atoms. The normalized spacial score (nSPS) is 30.2. The van der Waals surface area contributed by atoms with Crippen molar-refractivity contribution in [1.29, 1.82) is 0 Å². The van der Waals surface area contributed by atoms with Crippen molar-refractivity contribution in [3.63, 3.8) is 0 Å². The summed E-state index contributed by atoms with van der Waals surface area (Å²) in [5.41, 5.74) is 8.83. The summed E-state index contributed by atoms with van der Waals surface area (Å²) in [5, 5.41) is 0. The van der Waals surface area contributed by atoms with Gasteiger partial charge < -0.3 is 10.3 Å². The maximum Gasteiger partial charge on any atom is 0.117 e. The van der Waals surface area contributed by atoms with Gasteiger partial charge in [-0.1, -0.05) is 29.3 Å². The number of halogens is 1. The molecule has 2 aliphatic carbocycles. The monoisotopic (exact) mass is 333 g/mol. The average molecular weight is 334 g/mol. The lowest BCUT2D eigenvalue weighted by atomic mass is 9.84. The quantitative estimate of drug-likeness (QED) is 0.905. The van der Waals surface area contributed by atoms with E-state index in [1.807, 2.05) is 0 Å². The standard InChI is InChI=1S/C16H20BrN3/c1-16(8-2-3-14(16)18)15-19-12-9-10(17)4-7-13(12)20(15)11-5-6-11/h4,7,9,11,14H,2-3,5-6,8,18H2,1H3. The predicted molar refractivity (Wildman–Crippen MR) is 84.9 cm³/mol. The Balaban J connectivity index is 1.96. The Kier molecular flexibility index (Phi) is 2.77. The molecule has 4 rings (SSSR count). The number of hydrogen-bond donors (Lipinski definition) is 1. The van der Waals surface area contributed by atoms with Crippen molar-refractivity contribution >= 4 is 27.0 Å². The SMILES string of the molecule is CC1(c2nc3cc(Br)ccc3n2C2CC2)CCCC1N. The second kappa shape index (κ2) is 4.31. The van der Waals surface area contributed by atoms with Crippen molar-refractivity contribution in [2.24, 2.45) is 5.73 Å². The first kappa shape index (κ1) is 12.8. The van der Waals surface area contributed by atoms with Crippen LogP contribution in [0.2, 0.25) is 0 Å². The zero-order chi connectivity index (χ0) is 13.9. The van der Waals surface area contributed by atoms with Crippen LogP contribution in [0.15, 0.2) is 22.7 Å².